The highest BCUT2D eigenvalue weighted by Gasteiger charge is 2.11. The lowest BCUT2D eigenvalue weighted by Crippen LogP contribution is -2.02. The van der Waals surface area contributed by atoms with E-state index in [0.29, 0.717) is 28.3 Å². The molecule has 1 N–H and O–H groups in total. The fourth-order valence-electron chi connectivity index (χ4n) is 2.89. The number of non-ortho nitro benzene ring substituents is 1. The van der Waals surface area contributed by atoms with Crippen LogP contribution in [0.1, 0.15) is 27.0 Å². The van der Waals surface area contributed by atoms with E-state index in [4.69, 9.17) is 14.6 Å². The average Bonchev–Trinajstić information content (AvgIpc) is 2.77. The predicted molar refractivity (Wildman–Crippen MR) is 116 cm³/mol. The predicted octanol–water partition coefficient (Wildman–Crippen LogP) is 4.94. The van der Waals surface area contributed by atoms with Gasteiger partial charge in [-0.05, 0) is 48.4 Å². The molecule has 0 spiro atoms. The number of benzene rings is 3. The van der Waals surface area contributed by atoms with Gasteiger partial charge < -0.3 is 14.6 Å². The normalized spacial score (nSPS) is 10.8. The number of nitro groups is 1. The number of carboxylic acid groups (broad SMARTS) is 1. The van der Waals surface area contributed by atoms with E-state index in [9.17, 15) is 14.9 Å². The van der Waals surface area contributed by atoms with Crippen LogP contribution in [0.25, 0.3) is 0 Å². The van der Waals surface area contributed by atoms with Gasteiger partial charge in [0.25, 0.3) is 5.69 Å². The van der Waals surface area contributed by atoms with Gasteiger partial charge >= 0.3 is 5.97 Å². The smallest absolute Gasteiger partial charge is 0.335 e. The van der Waals surface area contributed by atoms with Gasteiger partial charge in [-0.15, -0.1) is 0 Å². The number of ether oxygens (including phenoxy) is 2. The first-order chi connectivity index (χ1) is 14.9. The van der Waals surface area contributed by atoms with Crippen LogP contribution in [0.15, 0.2) is 65.7 Å². The van der Waals surface area contributed by atoms with E-state index in [1.54, 1.807) is 43.5 Å². The minimum absolute atomic E-state index is 0.00997. The molecule has 0 amide bonds. The van der Waals surface area contributed by atoms with Crippen molar-refractivity contribution < 1.29 is 24.3 Å². The molecule has 0 saturated carbocycles. The number of nitro benzene ring substituents is 1. The first-order valence-electron chi connectivity index (χ1n) is 9.30. The number of carbonyl (C=O) groups is 1. The minimum atomic E-state index is -0.989. The highest BCUT2D eigenvalue weighted by atomic mass is 16.6. The van der Waals surface area contributed by atoms with Gasteiger partial charge in [0.1, 0.15) is 6.61 Å². The molecule has 0 saturated heterocycles. The number of rotatable bonds is 8. The number of carboxylic acids is 1. The molecule has 0 aromatic heterocycles. The molecule has 0 heterocycles. The summed E-state index contributed by atoms with van der Waals surface area (Å²) >= 11 is 0. The third-order valence-electron chi connectivity index (χ3n) is 4.55. The van der Waals surface area contributed by atoms with Crippen molar-refractivity contribution in [3.63, 3.8) is 0 Å². The molecule has 0 bridgehead atoms. The Hall–Kier alpha value is -4.20. The number of aromatic carboxylic acids is 1. The molecule has 3 aromatic carbocycles. The van der Waals surface area contributed by atoms with Crippen LogP contribution in [0.2, 0.25) is 0 Å². The summed E-state index contributed by atoms with van der Waals surface area (Å²) in [4.78, 5) is 25.9. The molecule has 0 aliphatic heterocycles. The van der Waals surface area contributed by atoms with Crippen LogP contribution in [-0.4, -0.2) is 29.3 Å². The first-order valence-corrected chi connectivity index (χ1v) is 9.30. The topological polar surface area (TPSA) is 111 Å². The van der Waals surface area contributed by atoms with Crippen LogP contribution in [-0.2, 0) is 6.61 Å². The van der Waals surface area contributed by atoms with E-state index in [1.807, 2.05) is 6.07 Å². The first kappa shape index (κ1) is 21.5. The Kier molecular flexibility index (Phi) is 6.61. The summed E-state index contributed by atoms with van der Waals surface area (Å²) in [6.45, 7) is 1.96. The zero-order valence-corrected chi connectivity index (χ0v) is 16.9. The van der Waals surface area contributed by atoms with Crippen LogP contribution in [0.5, 0.6) is 11.5 Å². The number of hydrogen-bond acceptors (Lipinski definition) is 6. The number of aliphatic imine (C=N–C) groups is 1. The van der Waals surface area contributed by atoms with Crippen molar-refractivity contribution in [3.8, 4) is 11.5 Å². The van der Waals surface area contributed by atoms with E-state index in [0.717, 1.165) is 5.56 Å². The molecule has 0 aliphatic rings. The van der Waals surface area contributed by atoms with Crippen molar-refractivity contribution in [2.75, 3.05) is 7.11 Å². The molecule has 0 unspecified atom stereocenters. The zero-order chi connectivity index (χ0) is 22.4. The fourth-order valence-corrected chi connectivity index (χ4v) is 2.89. The largest absolute Gasteiger partial charge is 0.493 e. The molecule has 31 heavy (non-hydrogen) atoms. The van der Waals surface area contributed by atoms with Gasteiger partial charge in [0.2, 0.25) is 0 Å². The molecule has 0 atom stereocenters. The molecular weight excluding hydrogens is 400 g/mol. The maximum Gasteiger partial charge on any atom is 0.335 e. The molecule has 158 valence electrons. The Morgan fingerprint density at radius 1 is 1.16 bits per heavy atom. The lowest BCUT2D eigenvalue weighted by atomic mass is 10.1. The van der Waals surface area contributed by atoms with Crippen molar-refractivity contribution in [1.82, 2.24) is 0 Å². The van der Waals surface area contributed by atoms with Gasteiger partial charge in [0.05, 0.1) is 23.3 Å². The lowest BCUT2D eigenvalue weighted by molar-refractivity contribution is -0.384. The van der Waals surface area contributed by atoms with E-state index in [1.165, 1.54) is 31.4 Å². The zero-order valence-electron chi connectivity index (χ0n) is 16.9. The summed E-state index contributed by atoms with van der Waals surface area (Å²) in [6.07, 6.45) is 1.61. The maximum absolute atomic E-state index is 11.0. The molecule has 8 heteroatoms. The SMILES string of the molecule is COc1cccc(C=Nc2ccc([N+](=O)[O-])cc2C)c1OCc1ccc(C(=O)O)cc1. The van der Waals surface area contributed by atoms with E-state index >= 15 is 0 Å². The van der Waals surface area contributed by atoms with Gasteiger partial charge in [-0.2, -0.15) is 0 Å². The van der Waals surface area contributed by atoms with Crippen molar-refractivity contribution in [2.24, 2.45) is 4.99 Å². The van der Waals surface area contributed by atoms with Gasteiger partial charge in [-0.25, -0.2) is 4.79 Å². The van der Waals surface area contributed by atoms with Gasteiger partial charge in [-0.3, -0.25) is 15.1 Å². The van der Waals surface area contributed by atoms with E-state index < -0.39 is 10.9 Å². The Morgan fingerprint density at radius 3 is 2.52 bits per heavy atom. The lowest BCUT2D eigenvalue weighted by Gasteiger charge is -2.13. The molecule has 3 aromatic rings. The third-order valence-corrected chi connectivity index (χ3v) is 4.55. The van der Waals surface area contributed by atoms with Crippen molar-refractivity contribution in [3.05, 3.63) is 93.0 Å². The summed E-state index contributed by atoms with van der Waals surface area (Å²) < 4.78 is 11.4. The summed E-state index contributed by atoms with van der Waals surface area (Å²) in [5, 5.41) is 19.9. The summed E-state index contributed by atoms with van der Waals surface area (Å²) in [5.74, 6) is 0.0133. The maximum atomic E-state index is 11.0. The summed E-state index contributed by atoms with van der Waals surface area (Å²) in [7, 11) is 1.53. The highest BCUT2D eigenvalue weighted by molar-refractivity contribution is 5.88. The summed E-state index contributed by atoms with van der Waals surface area (Å²) in [5.41, 5.74) is 2.95. The average molecular weight is 420 g/mol. The van der Waals surface area contributed by atoms with E-state index in [2.05, 4.69) is 4.99 Å². The molecule has 8 nitrogen and oxygen atoms in total. The molecule has 0 aliphatic carbocycles. The fraction of sp³-hybridized carbons (Fsp3) is 0.130. The molecule has 3 rings (SSSR count). The van der Waals surface area contributed by atoms with Gasteiger partial charge in [0, 0.05) is 23.9 Å². The number of methoxy groups -OCH3 is 1. The van der Waals surface area contributed by atoms with Crippen LogP contribution >= 0.6 is 0 Å². The van der Waals surface area contributed by atoms with Gasteiger partial charge in [-0.1, -0.05) is 18.2 Å². The quantitative estimate of drug-likeness (QED) is 0.314. The minimum Gasteiger partial charge on any atom is -0.493 e. The van der Waals surface area contributed by atoms with Gasteiger partial charge in [0.15, 0.2) is 11.5 Å². The van der Waals surface area contributed by atoms with Crippen molar-refractivity contribution in [1.29, 1.82) is 0 Å². The monoisotopic (exact) mass is 420 g/mol. The summed E-state index contributed by atoms with van der Waals surface area (Å²) in [6, 6.07) is 16.3. The Morgan fingerprint density at radius 2 is 1.90 bits per heavy atom. The number of para-hydroxylation sites is 1. The molecule has 0 radical (unpaired) electrons. The second kappa shape index (κ2) is 9.53. The highest BCUT2D eigenvalue weighted by Crippen LogP contribution is 2.32. The Labute approximate surface area is 178 Å². The number of hydrogen-bond donors (Lipinski definition) is 1. The van der Waals surface area contributed by atoms with Crippen molar-refractivity contribution >= 4 is 23.6 Å². The van der Waals surface area contributed by atoms with Crippen LogP contribution < -0.4 is 9.47 Å². The number of nitrogens with zero attached hydrogens (tertiary/aromatic N) is 2. The third kappa shape index (κ3) is 5.24. The Balaban J connectivity index is 1.84. The van der Waals surface area contributed by atoms with Crippen LogP contribution in [0.4, 0.5) is 11.4 Å². The standard InChI is InChI=1S/C23H20N2O6/c1-15-12-19(25(28)29)10-11-20(15)24-13-18-4-3-5-21(30-2)22(18)31-14-16-6-8-17(9-7-16)23(26)27/h3-13H,14H2,1-2H3,(H,26,27). The van der Waals surface area contributed by atoms with Crippen LogP contribution in [0, 0.1) is 17.0 Å². The van der Waals surface area contributed by atoms with Crippen LogP contribution in [0.3, 0.4) is 0 Å². The number of aryl methyl sites for hydroxylation is 1. The van der Waals surface area contributed by atoms with E-state index in [-0.39, 0.29) is 17.9 Å². The Bertz CT molecular complexity index is 1140. The second-order valence-electron chi connectivity index (χ2n) is 6.66. The van der Waals surface area contributed by atoms with Crippen molar-refractivity contribution in [2.45, 2.75) is 13.5 Å². The second-order valence-corrected chi connectivity index (χ2v) is 6.66. The molecule has 0 fully saturated rings. The molecular formula is C23H20N2O6.